The van der Waals surface area contributed by atoms with Gasteiger partial charge < -0.3 is 0 Å². The van der Waals surface area contributed by atoms with Crippen LogP contribution >= 0.6 is 23.1 Å². The highest BCUT2D eigenvalue weighted by Crippen LogP contribution is 2.34. The lowest BCUT2D eigenvalue weighted by Crippen LogP contribution is -2.22. The molecule has 0 amide bonds. The van der Waals surface area contributed by atoms with Crippen LogP contribution in [0.25, 0.3) is 20.7 Å². The normalized spacial score (nSPS) is 11.9. The highest BCUT2D eigenvalue weighted by atomic mass is 32.2. The van der Waals surface area contributed by atoms with Gasteiger partial charge in [-0.1, -0.05) is 66.7 Å². The van der Waals surface area contributed by atoms with Gasteiger partial charge in [-0.25, -0.2) is 4.98 Å². The molecule has 0 aliphatic rings. The number of thiophene rings is 1. The molecule has 0 spiro atoms. The molecule has 2 heterocycles. The summed E-state index contributed by atoms with van der Waals surface area (Å²) in [6.45, 7) is 4.50. The minimum Gasteiger partial charge on any atom is -0.286 e. The second kappa shape index (κ2) is 9.11. The molecule has 32 heavy (non-hydrogen) atoms. The van der Waals surface area contributed by atoms with Crippen molar-refractivity contribution in [2.24, 2.45) is 0 Å². The van der Waals surface area contributed by atoms with E-state index < -0.39 is 11.7 Å². The Morgan fingerprint density at radius 3 is 2.53 bits per heavy atom. The maximum absolute atomic E-state index is 13.2. The Morgan fingerprint density at radius 1 is 1.09 bits per heavy atom. The van der Waals surface area contributed by atoms with E-state index in [9.17, 15) is 18.0 Å². The fraction of sp³-hybridized carbons (Fsp3) is 0.250. The number of hydrogen-bond donors (Lipinski definition) is 0. The number of aryl methyl sites for hydroxylation is 1. The molecule has 0 aliphatic heterocycles. The van der Waals surface area contributed by atoms with Crippen molar-refractivity contribution in [1.29, 1.82) is 0 Å². The van der Waals surface area contributed by atoms with Gasteiger partial charge >= 0.3 is 6.18 Å². The fourth-order valence-electron chi connectivity index (χ4n) is 3.37. The van der Waals surface area contributed by atoms with Gasteiger partial charge in [-0.15, -0.1) is 11.3 Å². The van der Waals surface area contributed by atoms with Gasteiger partial charge in [-0.3, -0.25) is 9.36 Å². The minimum absolute atomic E-state index is 0.105. The summed E-state index contributed by atoms with van der Waals surface area (Å²) in [5, 5.41) is 0.523. The lowest BCUT2D eigenvalue weighted by molar-refractivity contribution is -0.137. The zero-order chi connectivity index (χ0) is 22.9. The second-order valence-corrected chi connectivity index (χ2v) is 9.52. The van der Waals surface area contributed by atoms with Crippen LogP contribution in [0.2, 0.25) is 0 Å². The molecule has 2 aromatic heterocycles. The van der Waals surface area contributed by atoms with Gasteiger partial charge in [0.15, 0.2) is 5.16 Å². The van der Waals surface area contributed by atoms with Crippen LogP contribution in [0.3, 0.4) is 0 Å². The number of alkyl halides is 3. The van der Waals surface area contributed by atoms with Crippen LogP contribution in [0.4, 0.5) is 13.2 Å². The van der Waals surface area contributed by atoms with Crippen molar-refractivity contribution in [3.8, 4) is 10.4 Å². The largest absolute Gasteiger partial charge is 0.416 e. The summed E-state index contributed by atoms with van der Waals surface area (Å²) < 4.78 is 41.3. The van der Waals surface area contributed by atoms with E-state index in [0.29, 0.717) is 33.2 Å². The van der Waals surface area contributed by atoms with E-state index >= 15 is 0 Å². The first-order valence-electron chi connectivity index (χ1n) is 10.2. The first-order chi connectivity index (χ1) is 15.3. The molecule has 0 N–H and O–H groups in total. The SMILES string of the molecule is CCCn1c(SCc2cccc(C(F)(F)F)c2)nc2cc(-c3ccc(C)cc3)sc2c1=O. The Morgan fingerprint density at radius 2 is 1.84 bits per heavy atom. The van der Waals surface area contributed by atoms with Crippen LogP contribution in [0, 0.1) is 6.92 Å². The molecule has 0 bridgehead atoms. The molecular formula is C24H21F3N2OS2. The van der Waals surface area contributed by atoms with Crippen molar-refractivity contribution in [1.82, 2.24) is 9.55 Å². The van der Waals surface area contributed by atoms with E-state index in [-0.39, 0.29) is 5.56 Å². The van der Waals surface area contributed by atoms with Gasteiger partial charge in [0.05, 0.1) is 11.1 Å². The van der Waals surface area contributed by atoms with Crippen molar-refractivity contribution in [3.63, 3.8) is 0 Å². The topological polar surface area (TPSA) is 34.9 Å². The van der Waals surface area contributed by atoms with Crippen LogP contribution < -0.4 is 5.56 Å². The fourth-order valence-corrected chi connectivity index (χ4v) is 5.39. The zero-order valence-corrected chi connectivity index (χ0v) is 19.2. The van der Waals surface area contributed by atoms with E-state index in [0.717, 1.165) is 34.6 Å². The van der Waals surface area contributed by atoms with Crippen molar-refractivity contribution in [2.45, 2.75) is 43.9 Å². The van der Waals surface area contributed by atoms with Gasteiger partial charge in [0.1, 0.15) is 4.70 Å². The molecule has 2 aromatic carbocycles. The molecule has 0 aliphatic carbocycles. The van der Waals surface area contributed by atoms with E-state index in [1.54, 1.807) is 10.6 Å². The number of aromatic nitrogens is 2. The van der Waals surface area contributed by atoms with Crippen molar-refractivity contribution in [3.05, 3.63) is 81.6 Å². The summed E-state index contributed by atoms with van der Waals surface area (Å²) in [5.41, 5.74) is 2.56. The lowest BCUT2D eigenvalue weighted by Gasteiger charge is -2.12. The van der Waals surface area contributed by atoms with Crippen molar-refractivity contribution >= 4 is 33.3 Å². The maximum atomic E-state index is 13.2. The van der Waals surface area contributed by atoms with Gasteiger partial charge in [-0.2, -0.15) is 13.2 Å². The summed E-state index contributed by atoms with van der Waals surface area (Å²) in [4.78, 5) is 18.9. The number of halogens is 3. The third kappa shape index (κ3) is 4.76. The van der Waals surface area contributed by atoms with Crippen LogP contribution in [0.15, 0.2) is 64.5 Å². The number of fused-ring (bicyclic) bond motifs is 1. The molecular weight excluding hydrogens is 453 g/mol. The monoisotopic (exact) mass is 474 g/mol. The van der Waals surface area contributed by atoms with E-state index in [4.69, 9.17) is 4.98 Å². The highest BCUT2D eigenvalue weighted by molar-refractivity contribution is 7.98. The number of rotatable bonds is 6. The molecule has 0 saturated carbocycles. The van der Waals surface area contributed by atoms with E-state index in [1.807, 2.05) is 44.2 Å². The number of benzene rings is 2. The third-order valence-electron chi connectivity index (χ3n) is 5.00. The minimum atomic E-state index is -4.38. The Labute approximate surface area is 191 Å². The molecule has 166 valence electrons. The Bertz CT molecular complexity index is 1310. The molecule has 8 heteroatoms. The molecule has 4 aromatic rings. The molecule has 3 nitrogen and oxygen atoms in total. The van der Waals surface area contributed by atoms with Gasteiger partial charge in [-0.05, 0) is 36.6 Å². The summed E-state index contributed by atoms with van der Waals surface area (Å²) >= 11 is 2.71. The number of nitrogens with zero attached hydrogens (tertiary/aromatic N) is 2. The van der Waals surface area contributed by atoms with Gasteiger partial charge in [0.2, 0.25) is 0 Å². The average Bonchev–Trinajstić information content (AvgIpc) is 3.19. The predicted molar refractivity (Wildman–Crippen MR) is 125 cm³/mol. The van der Waals surface area contributed by atoms with Gasteiger partial charge in [0.25, 0.3) is 5.56 Å². The summed E-state index contributed by atoms with van der Waals surface area (Å²) in [6, 6.07) is 15.3. The Balaban J connectivity index is 1.70. The van der Waals surface area contributed by atoms with Crippen molar-refractivity contribution < 1.29 is 13.2 Å². The summed E-state index contributed by atoms with van der Waals surface area (Å²) in [5.74, 6) is 0.292. The third-order valence-corrected chi connectivity index (χ3v) is 7.21. The molecule has 0 unspecified atom stereocenters. The lowest BCUT2D eigenvalue weighted by atomic mass is 10.1. The van der Waals surface area contributed by atoms with Crippen LogP contribution in [0.1, 0.15) is 30.0 Å². The van der Waals surface area contributed by atoms with Crippen LogP contribution in [0.5, 0.6) is 0 Å². The zero-order valence-electron chi connectivity index (χ0n) is 17.6. The van der Waals surface area contributed by atoms with Crippen molar-refractivity contribution in [2.75, 3.05) is 0 Å². The molecule has 4 rings (SSSR count). The Hall–Kier alpha value is -2.58. The number of thioether (sulfide) groups is 1. The second-order valence-electron chi connectivity index (χ2n) is 7.53. The van der Waals surface area contributed by atoms with E-state index in [1.165, 1.54) is 29.2 Å². The van der Waals surface area contributed by atoms with Gasteiger partial charge in [0, 0.05) is 17.2 Å². The first kappa shape index (κ1) is 22.6. The molecule has 0 fully saturated rings. The van der Waals surface area contributed by atoms with Crippen LogP contribution in [-0.4, -0.2) is 9.55 Å². The number of hydrogen-bond acceptors (Lipinski definition) is 4. The average molecular weight is 475 g/mol. The molecule has 0 saturated heterocycles. The Kier molecular flexibility index (Phi) is 6.44. The molecule has 0 radical (unpaired) electrons. The van der Waals surface area contributed by atoms with Crippen LogP contribution in [-0.2, 0) is 18.5 Å². The van der Waals surface area contributed by atoms with E-state index in [2.05, 4.69) is 0 Å². The standard InChI is InChI=1S/C24H21F3N2OS2/c1-3-11-29-22(30)21-19(13-20(32-21)17-9-7-15(2)8-10-17)28-23(29)31-14-16-5-4-6-18(12-16)24(25,26)27/h4-10,12-13H,3,11,14H2,1-2H3. The molecule has 0 atom stereocenters. The highest BCUT2D eigenvalue weighted by Gasteiger charge is 2.30. The quantitative estimate of drug-likeness (QED) is 0.220. The summed E-state index contributed by atoms with van der Waals surface area (Å²) in [6.07, 6.45) is -3.63. The predicted octanol–water partition coefficient (Wildman–Crippen LogP) is 7.15. The maximum Gasteiger partial charge on any atom is 0.416 e. The smallest absolute Gasteiger partial charge is 0.286 e. The first-order valence-corrected chi connectivity index (χ1v) is 12.0. The summed E-state index contributed by atoms with van der Waals surface area (Å²) in [7, 11) is 0.